The normalized spacial score (nSPS) is 20.3. The maximum Gasteiger partial charge on any atom is 0.244 e. The number of nitrogens with two attached hydrogens (primary N) is 1. The number of primary amides is 1. The topological polar surface area (TPSA) is 115 Å². The smallest absolute Gasteiger partial charge is 0.244 e. The van der Waals surface area contributed by atoms with E-state index in [9.17, 15) is 9.59 Å². The van der Waals surface area contributed by atoms with E-state index < -0.39 is 11.9 Å². The number of nitrogens with zero attached hydrogens (tertiary/aromatic N) is 4. The number of amides is 2. The van der Waals surface area contributed by atoms with Gasteiger partial charge in [-0.1, -0.05) is 67.4 Å². The van der Waals surface area contributed by atoms with Crippen molar-refractivity contribution in [2.45, 2.75) is 50.7 Å². The van der Waals surface area contributed by atoms with Crippen molar-refractivity contribution in [3.05, 3.63) is 95.4 Å². The van der Waals surface area contributed by atoms with Gasteiger partial charge in [0, 0.05) is 25.2 Å². The number of carbonyl (C=O) groups excluding carboxylic acids is 2. The second-order valence-corrected chi connectivity index (χ2v) is 11.3. The number of carbonyl (C=O) groups is 2. The Labute approximate surface area is 246 Å². The molecule has 218 valence electrons. The van der Waals surface area contributed by atoms with Gasteiger partial charge in [0.15, 0.2) is 5.65 Å². The lowest BCUT2D eigenvalue weighted by molar-refractivity contribution is -0.131. The predicted octanol–water partition coefficient (Wildman–Crippen LogP) is 3.93. The van der Waals surface area contributed by atoms with E-state index in [1.165, 1.54) is 0 Å². The van der Waals surface area contributed by atoms with Crippen molar-refractivity contribution in [1.29, 1.82) is 0 Å². The summed E-state index contributed by atoms with van der Waals surface area (Å²) in [4.78, 5) is 37.7. The lowest BCUT2D eigenvalue weighted by Gasteiger charge is -2.32. The number of benzene rings is 2. The largest absolute Gasteiger partial charge is 0.379 e. The number of ether oxygens (including phenoxy) is 1. The van der Waals surface area contributed by atoms with Crippen molar-refractivity contribution in [2.24, 2.45) is 11.7 Å². The molecule has 2 aromatic heterocycles. The zero-order valence-corrected chi connectivity index (χ0v) is 23.8. The van der Waals surface area contributed by atoms with Crippen molar-refractivity contribution in [3.63, 3.8) is 0 Å². The van der Waals surface area contributed by atoms with Gasteiger partial charge in [-0.25, -0.2) is 9.97 Å². The van der Waals surface area contributed by atoms with Gasteiger partial charge in [0.2, 0.25) is 11.8 Å². The van der Waals surface area contributed by atoms with Crippen LogP contribution in [0.1, 0.15) is 60.2 Å². The second kappa shape index (κ2) is 12.8. The number of fused-ring (bicyclic) bond motifs is 1. The van der Waals surface area contributed by atoms with Gasteiger partial charge in [0.25, 0.3) is 0 Å². The van der Waals surface area contributed by atoms with E-state index in [0.29, 0.717) is 12.1 Å². The van der Waals surface area contributed by atoms with Crippen LogP contribution >= 0.6 is 0 Å². The van der Waals surface area contributed by atoms with E-state index in [1.807, 2.05) is 48.7 Å². The summed E-state index contributed by atoms with van der Waals surface area (Å²) in [6.45, 7) is 4.70. The zero-order chi connectivity index (χ0) is 28.9. The van der Waals surface area contributed by atoms with Crippen LogP contribution in [0.15, 0.2) is 72.9 Å². The first kappa shape index (κ1) is 28.1. The summed E-state index contributed by atoms with van der Waals surface area (Å²) in [7, 11) is 0. The van der Waals surface area contributed by atoms with Crippen LogP contribution in [-0.2, 0) is 27.4 Å². The predicted molar refractivity (Wildman–Crippen MR) is 160 cm³/mol. The van der Waals surface area contributed by atoms with Crippen LogP contribution in [0.25, 0.3) is 11.2 Å². The Morgan fingerprint density at radius 3 is 2.48 bits per heavy atom. The molecule has 0 radical (unpaired) electrons. The van der Waals surface area contributed by atoms with Crippen LogP contribution in [0.4, 0.5) is 0 Å². The van der Waals surface area contributed by atoms with Gasteiger partial charge in [-0.05, 0) is 47.6 Å². The molecule has 0 bridgehead atoms. The Morgan fingerprint density at radius 1 is 0.952 bits per heavy atom. The second-order valence-electron chi connectivity index (χ2n) is 11.3. The minimum atomic E-state index is -0.839. The molecule has 6 rings (SSSR count). The van der Waals surface area contributed by atoms with Gasteiger partial charge in [-0.15, -0.1) is 0 Å². The van der Waals surface area contributed by atoms with Crippen LogP contribution in [0, 0.1) is 5.92 Å². The van der Waals surface area contributed by atoms with Crippen molar-refractivity contribution in [1.82, 2.24) is 24.8 Å². The molecule has 3 N–H and O–H groups in total. The lowest BCUT2D eigenvalue weighted by Crippen LogP contribution is -2.42. The summed E-state index contributed by atoms with van der Waals surface area (Å²) in [5.74, 6) is 0.212. The molecule has 42 heavy (non-hydrogen) atoms. The average molecular weight is 567 g/mol. The molecule has 1 unspecified atom stereocenters. The van der Waals surface area contributed by atoms with E-state index in [4.69, 9.17) is 15.5 Å². The molecular formula is C33H38N6O3. The monoisotopic (exact) mass is 566 g/mol. The fraction of sp³-hybridized carbons (Fsp3) is 0.394. The minimum Gasteiger partial charge on any atom is -0.379 e. The van der Waals surface area contributed by atoms with Gasteiger partial charge in [0.05, 0.1) is 26.3 Å². The van der Waals surface area contributed by atoms with Crippen LogP contribution in [0.2, 0.25) is 0 Å². The summed E-state index contributed by atoms with van der Waals surface area (Å²) in [6.07, 6.45) is 5.61. The van der Waals surface area contributed by atoms with Gasteiger partial charge in [-0.3, -0.25) is 14.5 Å². The summed E-state index contributed by atoms with van der Waals surface area (Å²) in [5.41, 5.74) is 10.5. The maximum atomic E-state index is 13.5. The lowest BCUT2D eigenvalue weighted by atomic mass is 9.74. The SMILES string of the molecule is NC(=O)[C@@H](NC(=O)[C@@H]1CCCCC1c1ccc(Cn2c(CN3CCOCC3)nc3cccnc32)cc1)c1ccccc1. The van der Waals surface area contributed by atoms with Crippen LogP contribution in [0.5, 0.6) is 0 Å². The highest BCUT2D eigenvalue weighted by molar-refractivity contribution is 5.89. The zero-order valence-electron chi connectivity index (χ0n) is 23.8. The first-order chi connectivity index (χ1) is 20.6. The van der Waals surface area contributed by atoms with Crippen molar-refractivity contribution < 1.29 is 14.3 Å². The number of rotatable bonds is 9. The van der Waals surface area contributed by atoms with E-state index in [-0.39, 0.29) is 17.7 Å². The Balaban J connectivity index is 1.19. The summed E-state index contributed by atoms with van der Waals surface area (Å²) >= 11 is 0. The molecule has 2 amide bonds. The molecule has 9 nitrogen and oxygen atoms in total. The fourth-order valence-corrected chi connectivity index (χ4v) is 6.36. The first-order valence-corrected chi connectivity index (χ1v) is 14.9. The van der Waals surface area contributed by atoms with Crippen LogP contribution in [0.3, 0.4) is 0 Å². The first-order valence-electron chi connectivity index (χ1n) is 14.9. The third-order valence-electron chi connectivity index (χ3n) is 8.61. The molecule has 0 spiro atoms. The highest BCUT2D eigenvalue weighted by Crippen LogP contribution is 2.38. The fourth-order valence-electron chi connectivity index (χ4n) is 6.36. The third-order valence-corrected chi connectivity index (χ3v) is 8.61. The van der Waals surface area contributed by atoms with E-state index in [1.54, 1.807) is 0 Å². The molecule has 1 saturated heterocycles. The summed E-state index contributed by atoms with van der Waals surface area (Å²) in [6, 6.07) is 20.9. The number of hydrogen-bond acceptors (Lipinski definition) is 6. The average Bonchev–Trinajstić information content (AvgIpc) is 3.37. The Hall–Kier alpha value is -4.08. The van der Waals surface area contributed by atoms with E-state index in [0.717, 1.165) is 86.6 Å². The van der Waals surface area contributed by atoms with E-state index >= 15 is 0 Å². The number of hydrogen-bond donors (Lipinski definition) is 2. The highest BCUT2D eigenvalue weighted by Gasteiger charge is 2.34. The Kier molecular flexibility index (Phi) is 8.58. The quantitative estimate of drug-likeness (QED) is 0.317. The number of pyridine rings is 1. The molecule has 4 aromatic rings. The van der Waals surface area contributed by atoms with Crippen molar-refractivity contribution in [2.75, 3.05) is 26.3 Å². The van der Waals surface area contributed by atoms with Crippen LogP contribution in [-0.4, -0.2) is 57.6 Å². The molecule has 2 aromatic carbocycles. The Morgan fingerprint density at radius 2 is 1.71 bits per heavy atom. The summed E-state index contributed by atoms with van der Waals surface area (Å²) in [5, 5.41) is 2.96. The molecule has 9 heteroatoms. The van der Waals surface area contributed by atoms with Gasteiger partial charge >= 0.3 is 0 Å². The Bertz CT molecular complexity index is 1510. The highest BCUT2D eigenvalue weighted by atomic mass is 16.5. The molecule has 3 atom stereocenters. The van der Waals surface area contributed by atoms with Gasteiger partial charge in [0.1, 0.15) is 17.4 Å². The number of morpholine rings is 1. The third kappa shape index (κ3) is 6.22. The minimum absolute atomic E-state index is 0.0877. The van der Waals surface area contributed by atoms with Gasteiger partial charge < -0.3 is 20.4 Å². The van der Waals surface area contributed by atoms with E-state index in [2.05, 4.69) is 44.0 Å². The van der Waals surface area contributed by atoms with Crippen molar-refractivity contribution in [3.8, 4) is 0 Å². The number of imidazole rings is 1. The number of aromatic nitrogens is 3. The molecule has 1 aliphatic heterocycles. The maximum absolute atomic E-state index is 13.5. The molecule has 2 fully saturated rings. The summed E-state index contributed by atoms with van der Waals surface area (Å²) < 4.78 is 7.74. The van der Waals surface area contributed by atoms with Crippen molar-refractivity contribution >= 4 is 23.0 Å². The van der Waals surface area contributed by atoms with Crippen LogP contribution < -0.4 is 11.1 Å². The molecular weight excluding hydrogens is 528 g/mol. The number of nitrogens with one attached hydrogen (secondary N) is 1. The molecule has 2 aliphatic rings. The van der Waals surface area contributed by atoms with Gasteiger partial charge in [-0.2, -0.15) is 0 Å². The molecule has 3 heterocycles. The molecule has 1 saturated carbocycles. The molecule has 1 aliphatic carbocycles. The standard InChI is InChI=1S/C33H38N6O3/c34-31(40)30(25-7-2-1-3-8-25)37-33(41)27-10-5-4-9-26(27)24-14-12-23(13-15-24)21-39-29(22-38-17-19-42-20-18-38)36-28-11-6-16-35-32(28)39/h1-3,6-8,11-16,26-27,30H,4-5,9-10,17-22H2,(H2,34,40)(H,37,41)/t26?,27-,30+/m1/s1.